The third-order valence-electron chi connectivity index (χ3n) is 3.56. The third-order valence-corrected chi connectivity index (χ3v) is 3.80. The lowest BCUT2D eigenvalue weighted by Gasteiger charge is -2.16. The summed E-state index contributed by atoms with van der Waals surface area (Å²) in [5.74, 6) is -0.574. The molecule has 8 heteroatoms. The number of aromatic nitrogens is 1. The molecule has 1 aliphatic heterocycles. The number of carbonyl (C=O) groups is 2. The average Bonchev–Trinajstić information content (AvgIpc) is 3.16. The Hall–Kier alpha value is -2.54. The molecule has 2 amide bonds. The van der Waals surface area contributed by atoms with E-state index in [2.05, 4.69) is 4.98 Å². The highest BCUT2D eigenvalue weighted by Gasteiger charge is 2.33. The molecule has 0 unspecified atom stereocenters. The minimum absolute atomic E-state index is 0.0490. The standard InChI is InChI=1S/C16H16ClN3O4/c1-2-23-14(21)13-10-24-15(18-13)20-7-6-19(16(20)22)9-11-4-3-5-12(17)8-11/h3-5,8,10H,2,6-7,9H2,1H3. The van der Waals surface area contributed by atoms with Gasteiger partial charge >= 0.3 is 18.0 Å². The summed E-state index contributed by atoms with van der Waals surface area (Å²) in [6.07, 6.45) is 1.19. The summed E-state index contributed by atoms with van der Waals surface area (Å²) in [6, 6.07) is 7.22. The second-order valence-electron chi connectivity index (χ2n) is 5.22. The van der Waals surface area contributed by atoms with Crippen molar-refractivity contribution in [1.82, 2.24) is 9.88 Å². The van der Waals surface area contributed by atoms with Gasteiger partial charge in [0.2, 0.25) is 0 Å². The van der Waals surface area contributed by atoms with E-state index in [0.29, 0.717) is 24.7 Å². The van der Waals surface area contributed by atoms with E-state index in [-0.39, 0.29) is 24.3 Å². The van der Waals surface area contributed by atoms with E-state index in [1.54, 1.807) is 17.9 Å². The molecule has 0 radical (unpaired) electrons. The summed E-state index contributed by atoms with van der Waals surface area (Å²) in [7, 11) is 0. The quantitative estimate of drug-likeness (QED) is 0.776. The summed E-state index contributed by atoms with van der Waals surface area (Å²) in [5.41, 5.74) is 0.991. The molecule has 0 spiro atoms. The van der Waals surface area contributed by atoms with Gasteiger partial charge in [-0.3, -0.25) is 0 Å². The summed E-state index contributed by atoms with van der Waals surface area (Å²) in [5, 5.41) is 0.628. The van der Waals surface area contributed by atoms with Crippen molar-refractivity contribution >= 4 is 29.6 Å². The lowest BCUT2D eigenvalue weighted by Crippen LogP contribution is -2.31. The minimum atomic E-state index is -0.574. The van der Waals surface area contributed by atoms with Crippen LogP contribution in [0.5, 0.6) is 0 Å². The second kappa shape index (κ2) is 6.92. The van der Waals surface area contributed by atoms with Gasteiger partial charge in [0.25, 0.3) is 0 Å². The van der Waals surface area contributed by atoms with Gasteiger partial charge in [0.15, 0.2) is 5.69 Å². The molecule has 0 N–H and O–H groups in total. The molecule has 0 aliphatic carbocycles. The predicted molar refractivity (Wildman–Crippen MR) is 87.1 cm³/mol. The number of ether oxygens (including phenoxy) is 1. The van der Waals surface area contributed by atoms with Crippen molar-refractivity contribution in [2.24, 2.45) is 0 Å². The molecule has 1 fully saturated rings. The molecule has 1 aromatic heterocycles. The van der Waals surface area contributed by atoms with Crippen molar-refractivity contribution in [2.45, 2.75) is 13.5 Å². The van der Waals surface area contributed by atoms with Gasteiger partial charge in [-0.2, -0.15) is 4.98 Å². The third kappa shape index (κ3) is 3.35. The highest BCUT2D eigenvalue weighted by molar-refractivity contribution is 6.30. The number of carbonyl (C=O) groups excluding carboxylic acids is 2. The Kier molecular flexibility index (Phi) is 4.71. The van der Waals surface area contributed by atoms with Crippen LogP contribution in [0.1, 0.15) is 23.0 Å². The maximum Gasteiger partial charge on any atom is 0.360 e. The fraction of sp³-hybridized carbons (Fsp3) is 0.312. The van der Waals surface area contributed by atoms with E-state index >= 15 is 0 Å². The second-order valence-corrected chi connectivity index (χ2v) is 5.66. The molecule has 3 rings (SSSR count). The Bertz CT molecular complexity index is 761. The number of esters is 1. The molecular weight excluding hydrogens is 334 g/mol. The normalized spacial score (nSPS) is 14.3. The molecule has 126 valence electrons. The first-order valence-corrected chi connectivity index (χ1v) is 7.90. The van der Waals surface area contributed by atoms with Crippen molar-refractivity contribution in [2.75, 3.05) is 24.6 Å². The largest absolute Gasteiger partial charge is 0.461 e. The Morgan fingerprint density at radius 1 is 1.42 bits per heavy atom. The molecular formula is C16H16ClN3O4. The summed E-state index contributed by atoms with van der Waals surface area (Å²) >= 11 is 5.97. The van der Waals surface area contributed by atoms with E-state index in [1.165, 1.54) is 11.2 Å². The van der Waals surface area contributed by atoms with Crippen molar-refractivity contribution in [3.05, 3.63) is 46.8 Å². The summed E-state index contributed by atoms with van der Waals surface area (Å²) in [4.78, 5) is 31.2. The maximum atomic E-state index is 12.5. The van der Waals surface area contributed by atoms with Gasteiger partial charge in [-0.25, -0.2) is 14.5 Å². The molecule has 0 bridgehead atoms. The van der Waals surface area contributed by atoms with E-state index in [0.717, 1.165) is 5.56 Å². The molecule has 0 atom stereocenters. The molecule has 1 aromatic carbocycles. The summed E-state index contributed by atoms with van der Waals surface area (Å²) in [6.45, 7) is 3.36. The SMILES string of the molecule is CCOC(=O)c1coc(N2CCN(Cc3cccc(Cl)c3)C2=O)n1. The van der Waals surface area contributed by atoms with Gasteiger partial charge in [-0.05, 0) is 24.6 Å². The molecule has 2 heterocycles. The predicted octanol–water partition coefficient (Wildman–Crippen LogP) is 2.95. The maximum absolute atomic E-state index is 12.5. The van der Waals surface area contributed by atoms with Crippen LogP contribution < -0.4 is 4.90 Å². The Morgan fingerprint density at radius 2 is 2.25 bits per heavy atom. The van der Waals surface area contributed by atoms with Gasteiger partial charge in [-0.15, -0.1) is 0 Å². The van der Waals surface area contributed by atoms with Gasteiger partial charge in [0, 0.05) is 24.7 Å². The number of hydrogen-bond acceptors (Lipinski definition) is 5. The highest BCUT2D eigenvalue weighted by Crippen LogP contribution is 2.22. The van der Waals surface area contributed by atoms with Gasteiger partial charge in [-0.1, -0.05) is 23.7 Å². The Labute approximate surface area is 143 Å². The smallest absolute Gasteiger partial charge is 0.360 e. The van der Waals surface area contributed by atoms with Crippen molar-refractivity contribution in [3.8, 4) is 0 Å². The van der Waals surface area contributed by atoms with Crippen molar-refractivity contribution in [1.29, 1.82) is 0 Å². The van der Waals surface area contributed by atoms with Crippen LogP contribution in [0.4, 0.5) is 10.8 Å². The van der Waals surface area contributed by atoms with Crippen LogP contribution in [-0.2, 0) is 11.3 Å². The number of amides is 2. The first-order valence-electron chi connectivity index (χ1n) is 7.52. The van der Waals surface area contributed by atoms with E-state index in [1.807, 2.05) is 18.2 Å². The lowest BCUT2D eigenvalue weighted by atomic mass is 10.2. The van der Waals surface area contributed by atoms with Gasteiger partial charge in [0.1, 0.15) is 6.26 Å². The topological polar surface area (TPSA) is 75.9 Å². The summed E-state index contributed by atoms with van der Waals surface area (Å²) < 4.78 is 10.1. The molecule has 1 aliphatic rings. The van der Waals surface area contributed by atoms with Crippen LogP contribution in [0.2, 0.25) is 5.02 Å². The highest BCUT2D eigenvalue weighted by atomic mass is 35.5. The first-order chi connectivity index (χ1) is 11.6. The van der Waals surface area contributed by atoms with Gasteiger partial charge < -0.3 is 14.1 Å². The Morgan fingerprint density at radius 3 is 3.00 bits per heavy atom. The van der Waals surface area contributed by atoms with Crippen LogP contribution in [0.3, 0.4) is 0 Å². The van der Waals surface area contributed by atoms with Crippen LogP contribution in [-0.4, -0.2) is 41.6 Å². The van der Waals surface area contributed by atoms with Crippen LogP contribution in [0.15, 0.2) is 34.9 Å². The van der Waals surface area contributed by atoms with Crippen LogP contribution in [0.25, 0.3) is 0 Å². The fourth-order valence-corrected chi connectivity index (χ4v) is 2.66. The zero-order valence-corrected chi connectivity index (χ0v) is 13.8. The molecule has 0 saturated carbocycles. The zero-order valence-electron chi connectivity index (χ0n) is 13.1. The van der Waals surface area contributed by atoms with Crippen molar-refractivity contribution in [3.63, 3.8) is 0 Å². The zero-order chi connectivity index (χ0) is 17.1. The van der Waals surface area contributed by atoms with E-state index < -0.39 is 5.97 Å². The number of nitrogens with zero attached hydrogens (tertiary/aromatic N) is 3. The van der Waals surface area contributed by atoms with E-state index in [4.69, 9.17) is 20.8 Å². The number of halogens is 1. The number of urea groups is 1. The van der Waals surface area contributed by atoms with Gasteiger partial charge in [0.05, 0.1) is 6.61 Å². The van der Waals surface area contributed by atoms with Crippen molar-refractivity contribution < 1.29 is 18.7 Å². The number of benzene rings is 1. The number of oxazole rings is 1. The number of rotatable bonds is 5. The number of anilines is 1. The van der Waals surface area contributed by atoms with E-state index in [9.17, 15) is 9.59 Å². The molecule has 7 nitrogen and oxygen atoms in total. The molecule has 24 heavy (non-hydrogen) atoms. The van der Waals surface area contributed by atoms with Crippen LogP contribution >= 0.6 is 11.6 Å². The fourth-order valence-electron chi connectivity index (χ4n) is 2.45. The average molecular weight is 350 g/mol. The van der Waals surface area contributed by atoms with Crippen LogP contribution in [0, 0.1) is 0 Å². The minimum Gasteiger partial charge on any atom is -0.461 e. The molecule has 2 aromatic rings. The molecule has 1 saturated heterocycles. The monoisotopic (exact) mass is 349 g/mol. The lowest BCUT2D eigenvalue weighted by molar-refractivity contribution is 0.0519. The first kappa shape index (κ1) is 16.3. The number of hydrogen-bond donors (Lipinski definition) is 0. The Balaban J connectivity index is 1.69.